The molecule has 5 nitrogen and oxygen atoms in total. The maximum absolute atomic E-state index is 12.3. The van der Waals surface area contributed by atoms with Gasteiger partial charge in [-0.2, -0.15) is 0 Å². The van der Waals surface area contributed by atoms with Gasteiger partial charge in [0, 0.05) is 13.0 Å². The lowest BCUT2D eigenvalue weighted by Gasteiger charge is -2.14. The summed E-state index contributed by atoms with van der Waals surface area (Å²) < 4.78 is 0. The summed E-state index contributed by atoms with van der Waals surface area (Å²) in [6.45, 7) is 4.24. The molecular formula is C22H23ClN2O3. The monoisotopic (exact) mass is 398 g/mol. The van der Waals surface area contributed by atoms with Crippen molar-refractivity contribution in [1.82, 2.24) is 4.90 Å². The molecule has 3 amide bonds. The summed E-state index contributed by atoms with van der Waals surface area (Å²) in [5.74, 6) is -0.555. The number of nitrogens with zero attached hydrogens (tertiary/aromatic N) is 1. The first-order chi connectivity index (χ1) is 13.4. The third-order valence-electron chi connectivity index (χ3n) is 4.86. The normalized spacial score (nSPS) is 13.0. The highest BCUT2D eigenvalue weighted by Crippen LogP contribution is 2.27. The van der Waals surface area contributed by atoms with Crippen molar-refractivity contribution in [3.8, 4) is 0 Å². The second kappa shape index (κ2) is 8.57. The Morgan fingerprint density at radius 1 is 1.00 bits per heavy atom. The van der Waals surface area contributed by atoms with E-state index in [1.54, 1.807) is 24.3 Å². The molecule has 1 aliphatic heterocycles. The summed E-state index contributed by atoms with van der Waals surface area (Å²) in [4.78, 5) is 38.1. The van der Waals surface area contributed by atoms with E-state index in [4.69, 9.17) is 11.6 Å². The number of hydrogen-bond donors (Lipinski definition) is 1. The number of hydrogen-bond acceptors (Lipinski definition) is 3. The lowest BCUT2D eigenvalue weighted by Crippen LogP contribution is -2.30. The molecule has 0 unspecified atom stereocenters. The molecule has 1 heterocycles. The van der Waals surface area contributed by atoms with E-state index in [1.165, 1.54) is 4.90 Å². The van der Waals surface area contributed by atoms with Gasteiger partial charge in [0.05, 0.1) is 21.8 Å². The first-order valence-corrected chi connectivity index (χ1v) is 9.78. The van der Waals surface area contributed by atoms with Crippen molar-refractivity contribution in [2.45, 2.75) is 39.5 Å². The second-order valence-electron chi connectivity index (χ2n) is 7.11. The van der Waals surface area contributed by atoms with Gasteiger partial charge in [-0.15, -0.1) is 0 Å². The quantitative estimate of drug-likeness (QED) is 0.540. The molecule has 28 heavy (non-hydrogen) atoms. The van der Waals surface area contributed by atoms with Gasteiger partial charge >= 0.3 is 0 Å². The molecule has 0 radical (unpaired) electrons. The molecule has 0 fully saturated rings. The number of unbranched alkanes of at least 4 members (excludes halogenated alkanes) is 2. The topological polar surface area (TPSA) is 66.5 Å². The lowest BCUT2D eigenvalue weighted by atomic mass is 10.1. The minimum Gasteiger partial charge on any atom is -0.325 e. The summed E-state index contributed by atoms with van der Waals surface area (Å²) in [6.07, 6.45) is 2.47. The SMILES string of the molecule is Cc1cc(C)c(NC(=O)CCCCCN2C(=O)c3ccccc3C2=O)c(Cl)c1. The van der Waals surface area contributed by atoms with Crippen molar-refractivity contribution in [1.29, 1.82) is 0 Å². The van der Waals surface area contributed by atoms with Crippen molar-refractivity contribution in [2.75, 3.05) is 11.9 Å². The highest BCUT2D eigenvalue weighted by molar-refractivity contribution is 6.34. The molecule has 0 saturated heterocycles. The highest BCUT2D eigenvalue weighted by Gasteiger charge is 2.34. The van der Waals surface area contributed by atoms with Crippen LogP contribution >= 0.6 is 11.6 Å². The minimum absolute atomic E-state index is 0.0883. The Morgan fingerprint density at radius 2 is 1.64 bits per heavy atom. The van der Waals surface area contributed by atoms with Gasteiger partial charge in [0.25, 0.3) is 11.8 Å². The number of benzene rings is 2. The van der Waals surface area contributed by atoms with Crippen LogP contribution in [0.1, 0.15) is 57.5 Å². The van der Waals surface area contributed by atoms with Crippen LogP contribution in [-0.4, -0.2) is 29.2 Å². The summed E-state index contributed by atoms with van der Waals surface area (Å²) in [6, 6.07) is 10.7. The van der Waals surface area contributed by atoms with E-state index in [-0.39, 0.29) is 17.7 Å². The van der Waals surface area contributed by atoms with Crippen molar-refractivity contribution in [2.24, 2.45) is 0 Å². The number of anilines is 1. The molecule has 0 spiro atoms. The smallest absolute Gasteiger partial charge is 0.261 e. The number of fused-ring (bicyclic) bond motifs is 1. The van der Waals surface area contributed by atoms with Crippen LogP contribution in [0, 0.1) is 13.8 Å². The maximum Gasteiger partial charge on any atom is 0.261 e. The Labute approximate surface area is 169 Å². The molecule has 146 valence electrons. The second-order valence-corrected chi connectivity index (χ2v) is 7.51. The maximum atomic E-state index is 12.3. The largest absolute Gasteiger partial charge is 0.325 e. The zero-order valence-electron chi connectivity index (χ0n) is 16.0. The zero-order valence-corrected chi connectivity index (χ0v) is 16.8. The van der Waals surface area contributed by atoms with Crippen molar-refractivity contribution in [3.05, 3.63) is 63.7 Å². The Morgan fingerprint density at radius 3 is 2.25 bits per heavy atom. The Bertz CT molecular complexity index is 881. The molecule has 3 rings (SSSR count). The van der Waals surface area contributed by atoms with Gasteiger partial charge in [0.15, 0.2) is 0 Å². The molecule has 0 saturated carbocycles. The number of carbonyl (C=O) groups is 3. The fourth-order valence-electron chi connectivity index (χ4n) is 3.45. The van der Waals surface area contributed by atoms with Crippen molar-refractivity contribution >= 4 is 35.0 Å². The van der Waals surface area contributed by atoms with E-state index in [2.05, 4.69) is 5.32 Å². The molecule has 0 atom stereocenters. The first-order valence-electron chi connectivity index (χ1n) is 9.40. The van der Waals surface area contributed by atoms with Gasteiger partial charge in [0.1, 0.15) is 0 Å². The molecule has 1 N–H and O–H groups in total. The zero-order chi connectivity index (χ0) is 20.3. The van der Waals surface area contributed by atoms with Gasteiger partial charge in [-0.05, 0) is 56.0 Å². The van der Waals surface area contributed by atoms with Gasteiger partial charge in [0.2, 0.25) is 5.91 Å². The number of imide groups is 1. The fraction of sp³-hybridized carbons (Fsp3) is 0.318. The number of amides is 3. The van der Waals surface area contributed by atoms with Crippen LogP contribution in [0.25, 0.3) is 0 Å². The molecule has 1 aliphatic rings. The average Bonchev–Trinajstić information content (AvgIpc) is 2.89. The fourth-order valence-corrected chi connectivity index (χ4v) is 3.82. The standard InChI is InChI=1S/C22H23ClN2O3/c1-14-12-15(2)20(18(23)13-14)24-19(26)10-4-3-7-11-25-21(27)16-8-5-6-9-17(16)22(25)28/h5-6,8-9,12-13H,3-4,7,10-11H2,1-2H3,(H,24,26). The van der Waals surface area contributed by atoms with E-state index in [9.17, 15) is 14.4 Å². The van der Waals surface area contributed by atoms with Crippen LogP contribution in [0.4, 0.5) is 5.69 Å². The van der Waals surface area contributed by atoms with Gasteiger partial charge < -0.3 is 5.32 Å². The predicted molar refractivity (Wildman–Crippen MR) is 110 cm³/mol. The number of nitrogens with one attached hydrogen (secondary N) is 1. The van der Waals surface area contributed by atoms with Gasteiger partial charge in [-0.25, -0.2) is 0 Å². The lowest BCUT2D eigenvalue weighted by molar-refractivity contribution is -0.116. The van der Waals surface area contributed by atoms with Crippen LogP contribution in [0.3, 0.4) is 0 Å². The van der Waals surface area contributed by atoms with Gasteiger partial charge in [-0.3, -0.25) is 19.3 Å². The Balaban J connectivity index is 1.43. The van der Waals surface area contributed by atoms with E-state index in [0.717, 1.165) is 17.5 Å². The van der Waals surface area contributed by atoms with Crippen LogP contribution < -0.4 is 5.32 Å². The van der Waals surface area contributed by atoms with Gasteiger partial charge in [-0.1, -0.05) is 36.2 Å². The molecular weight excluding hydrogens is 376 g/mol. The number of aryl methyl sites for hydroxylation is 2. The number of halogens is 1. The molecule has 2 aromatic rings. The van der Waals surface area contributed by atoms with Crippen LogP contribution in [0.15, 0.2) is 36.4 Å². The molecule has 0 aliphatic carbocycles. The molecule has 2 aromatic carbocycles. The number of rotatable bonds is 7. The third kappa shape index (κ3) is 4.25. The van der Waals surface area contributed by atoms with E-state index in [1.807, 2.05) is 26.0 Å². The van der Waals surface area contributed by atoms with Crippen molar-refractivity contribution in [3.63, 3.8) is 0 Å². The Kier molecular flexibility index (Phi) is 6.15. The van der Waals surface area contributed by atoms with Crippen LogP contribution in [0.5, 0.6) is 0 Å². The van der Waals surface area contributed by atoms with Crippen LogP contribution in [-0.2, 0) is 4.79 Å². The van der Waals surface area contributed by atoms with E-state index < -0.39 is 0 Å². The van der Waals surface area contributed by atoms with E-state index >= 15 is 0 Å². The van der Waals surface area contributed by atoms with Crippen LogP contribution in [0.2, 0.25) is 5.02 Å². The first kappa shape index (κ1) is 20.1. The molecule has 6 heteroatoms. The molecule has 0 aromatic heterocycles. The summed E-state index contributed by atoms with van der Waals surface area (Å²) in [5, 5.41) is 3.41. The summed E-state index contributed by atoms with van der Waals surface area (Å²) in [7, 11) is 0. The summed E-state index contributed by atoms with van der Waals surface area (Å²) in [5.41, 5.74) is 3.58. The summed E-state index contributed by atoms with van der Waals surface area (Å²) >= 11 is 6.22. The Hall–Kier alpha value is -2.66. The highest BCUT2D eigenvalue weighted by atomic mass is 35.5. The average molecular weight is 399 g/mol. The number of carbonyl (C=O) groups excluding carboxylic acids is 3. The molecule has 0 bridgehead atoms. The third-order valence-corrected chi connectivity index (χ3v) is 5.16. The minimum atomic E-state index is -0.233. The van der Waals surface area contributed by atoms with Crippen molar-refractivity contribution < 1.29 is 14.4 Å². The van der Waals surface area contributed by atoms with E-state index in [0.29, 0.717) is 47.6 Å². The predicted octanol–water partition coefficient (Wildman–Crippen LogP) is 4.75.